The van der Waals surface area contributed by atoms with Crippen LogP contribution < -0.4 is 10.5 Å². The Labute approximate surface area is 101 Å². The van der Waals surface area contributed by atoms with E-state index < -0.39 is 0 Å². The molecule has 1 rings (SSSR count). The van der Waals surface area contributed by atoms with Gasteiger partial charge in [0.15, 0.2) is 0 Å². The van der Waals surface area contributed by atoms with Crippen LogP contribution in [0.5, 0.6) is 5.75 Å². The van der Waals surface area contributed by atoms with Gasteiger partial charge in [-0.05, 0) is 31.5 Å². The molecule has 0 aliphatic carbocycles. The van der Waals surface area contributed by atoms with Crippen LogP contribution in [0.3, 0.4) is 0 Å². The van der Waals surface area contributed by atoms with Gasteiger partial charge >= 0.3 is 0 Å². The van der Waals surface area contributed by atoms with E-state index in [0.717, 1.165) is 17.7 Å². The number of hydrogen-bond acceptors (Lipinski definition) is 3. The molecular formula is C12H15ClN2O. The van der Waals surface area contributed by atoms with E-state index in [-0.39, 0.29) is 6.04 Å². The minimum atomic E-state index is -0.121. The molecule has 16 heavy (non-hydrogen) atoms. The second-order valence-electron chi connectivity index (χ2n) is 3.58. The van der Waals surface area contributed by atoms with Crippen molar-refractivity contribution in [2.24, 2.45) is 5.73 Å². The molecule has 0 radical (unpaired) electrons. The Balaban J connectivity index is 2.68. The second kappa shape index (κ2) is 6.37. The first-order valence-electron chi connectivity index (χ1n) is 5.20. The van der Waals surface area contributed by atoms with E-state index in [1.807, 2.05) is 19.1 Å². The van der Waals surface area contributed by atoms with E-state index in [9.17, 15) is 0 Å². The van der Waals surface area contributed by atoms with Crippen molar-refractivity contribution in [2.45, 2.75) is 25.8 Å². The molecule has 0 bridgehead atoms. The highest BCUT2D eigenvalue weighted by Gasteiger charge is 2.08. The van der Waals surface area contributed by atoms with Crippen molar-refractivity contribution < 1.29 is 4.74 Å². The predicted molar refractivity (Wildman–Crippen MR) is 64.4 cm³/mol. The number of benzene rings is 1. The van der Waals surface area contributed by atoms with Gasteiger partial charge in [-0.25, -0.2) is 0 Å². The maximum Gasteiger partial charge on any atom is 0.124 e. The maximum atomic E-state index is 8.40. The first-order valence-corrected chi connectivity index (χ1v) is 5.57. The summed E-state index contributed by atoms with van der Waals surface area (Å²) >= 11 is 5.89. The lowest BCUT2D eigenvalue weighted by molar-refractivity contribution is 0.308. The SMILES string of the molecule is CC(N)c1cc(Cl)ccc1OCCCC#N. The highest BCUT2D eigenvalue weighted by Crippen LogP contribution is 2.27. The molecule has 4 heteroatoms. The van der Waals surface area contributed by atoms with Crippen molar-refractivity contribution in [2.75, 3.05) is 6.61 Å². The molecule has 0 aromatic heterocycles. The smallest absolute Gasteiger partial charge is 0.124 e. The Morgan fingerprint density at radius 2 is 2.31 bits per heavy atom. The van der Waals surface area contributed by atoms with Gasteiger partial charge < -0.3 is 10.5 Å². The molecule has 1 unspecified atom stereocenters. The molecule has 3 nitrogen and oxygen atoms in total. The van der Waals surface area contributed by atoms with E-state index in [4.69, 9.17) is 27.3 Å². The van der Waals surface area contributed by atoms with Crippen LogP contribution in [0.25, 0.3) is 0 Å². The summed E-state index contributed by atoms with van der Waals surface area (Å²) in [5.74, 6) is 0.748. The molecule has 86 valence electrons. The quantitative estimate of drug-likeness (QED) is 0.802. The first kappa shape index (κ1) is 12.8. The highest BCUT2D eigenvalue weighted by molar-refractivity contribution is 6.30. The van der Waals surface area contributed by atoms with Gasteiger partial charge in [0, 0.05) is 23.0 Å². The largest absolute Gasteiger partial charge is 0.493 e. The standard InChI is InChI=1S/C12H15ClN2O/c1-9(15)11-8-10(13)4-5-12(11)16-7-3-2-6-14/h4-5,8-9H,2-3,7,15H2,1H3. The fourth-order valence-electron chi connectivity index (χ4n) is 1.34. The third-order valence-corrected chi connectivity index (χ3v) is 2.39. The summed E-state index contributed by atoms with van der Waals surface area (Å²) in [4.78, 5) is 0. The van der Waals surface area contributed by atoms with Gasteiger partial charge in [-0.15, -0.1) is 0 Å². The predicted octanol–water partition coefficient (Wildman–Crippen LogP) is 3.04. The van der Waals surface area contributed by atoms with Gasteiger partial charge in [-0.2, -0.15) is 5.26 Å². The van der Waals surface area contributed by atoms with Crippen LogP contribution >= 0.6 is 11.6 Å². The molecule has 1 aromatic rings. The topological polar surface area (TPSA) is 59.0 Å². The maximum absolute atomic E-state index is 8.40. The number of halogens is 1. The average molecular weight is 239 g/mol. The third kappa shape index (κ3) is 3.73. The second-order valence-corrected chi connectivity index (χ2v) is 4.02. The van der Waals surface area contributed by atoms with Gasteiger partial charge in [0.1, 0.15) is 5.75 Å². The van der Waals surface area contributed by atoms with Gasteiger partial charge in [0.25, 0.3) is 0 Å². The number of nitriles is 1. The van der Waals surface area contributed by atoms with Crippen molar-refractivity contribution in [3.05, 3.63) is 28.8 Å². The number of unbranched alkanes of at least 4 members (excludes halogenated alkanes) is 1. The summed E-state index contributed by atoms with van der Waals surface area (Å²) in [6, 6.07) is 7.35. The summed E-state index contributed by atoms with van der Waals surface area (Å²) in [5, 5.41) is 9.05. The van der Waals surface area contributed by atoms with Crippen LogP contribution in [0.2, 0.25) is 5.02 Å². The highest BCUT2D eigenvalue weighted by atomic mass is 35.5. The van der Waals surface area contributed by atoms with Crippen LogP contribution in [0.4, 0.5) is 0 Å². The van der Waals surface area contributed by atoms with Crippen LogP contribution in [0.1, 0.15) is 31.4 Å². The van der Waals surface area contributed by atoms with E-state index in [1.165, 1.54) is 0 Å². The van der Waals surface area contributed by atoms with E-state index in [1.54, 1.807) is 6.07 Å². The molecule has 0 amide bonds. The molecule has 0 spiro atoms. The number of hydrogen-bond donors (Lipinski definition) is 1. The lowest BCUT2D eigenvalue weighted by Crippen LogP contribution is -2.08. The van der Waals surface area contributed by atoms with Crippen molar-refractivity contribution in [3.8, 4) is 11.8 Å². The van der Waals surface area contributed by atoms with E-state index >= 15 is 0 Å². The Kier molecular flexibility index (Phi) is 5.10. The zero-order chi connectivity index (χ0) is 12.0. The van der Waals surface area contributed by atoms with Gasteiger partial charge in [0.2, 0.25) is 0 Å². The minimum absolute atomic E-state index is 0.121. The van der Waals surface area contributed by atoms with Crippen molar-refractivity contribution in [1.82, 2.24) is 0 Å². The zero-order valence-corrected chi connectivity index (χ0v) is 10.00. The summed E-state index contributed by atoms with van der Waals surface area (Å²) in [6.45, 7) is 2.41. The minimum Gasteiger partial charge on any atom is -0.493 e. The van der Waals surface area contributed by atoms with Crippen LogP contribution in [-0.2, 0) is 0 Å². The average Bonchev–Trinajstić information content (AvgIpc) is 2.26. The van der Waals surface area contributed by atoms with Crippen LogP contribution in [-0.4, -0.2) is 6.61 Å². The molecule has 0 heterocycles. The van der Waals surface area contributed by atoms with E-state index in [0.29, 0.717) is 18.1 Å². The monoisotopic (exact) mass is 238 g/mol. The number of nitrogens with zero attached hydrogens (tertiary/aromatic N) is 1. The molecular weight excluding hydrogens is 224 g/mol. The Hall–Kier alpha value is -1.24. The molecule has 1 aromatic carbocycles. The van der Waals surface area contributed by atoms with Crippen LogP contribution in [0.15, 0.2) is 18.2 Å². The Morgan fingerprint density at radius 1 is 1.56 bits per heavy atom. The fraction of sp³-hybridized carbons (Fsp3) is 0.417. The zero-order valence-electron chi connectivity index (χ0n) is 9.24. The third-order valence-electron chi connectivity index (χ3n) is 2.15. The van der Waals surface area contributed by atoms with Crippen molar-refractivity contribution in [3.63, 3.8) is 0 Å². The van der Waals surface area contributed by atoms with Gasteiger partial charge in [0.05, 0.1) is 12.7 Å². The van der Waals surface area contributed by atoms with Gasteiger partial charge in [-0.3, -0.25) is 0 Å². The van der Waals surface area contributed by atoms with Crippen LogP contribution in [0, 0.1) is 11.3 Å². The van der Waals surface area contributed by atoms with Gasteiger partial charge in [-0.1, -0.05) is 11.6 Å². The summed E-state index contributed by atoms with van der Waals surface area (Å²) in [7, 11) is 0. The molecule has 0 fully saturated rings. The molecule has 0 aliphatic rings. The van der Waals surface area contributed by atoms with Crippen molar-refractivity contribution in [1.29, 1.82) is 5.26 Å². The molecule has 0 saturated heterocycles. The lowest BCUT2D eigenvalue weighted by Gasteiger charge is -2.13. The normalized spacial score (nSPS) is 11.9. The number of nitrogens with two attached hydrogens (primary N) is 1. The Morgan fingerprint density at radius 3 is 2.94 bits per heavy atom. The number of rotatable bonds is 5. The molecule has 0 aliphatic heterocycles. The summed E-state index contributed by atoms with van der Waals surface area (Å²) in [6.07, 6.45) is 1.22. The first-order chi connectivity index (χ1) is 7.65. The van der Waals surface area contributed by atoms with Crippen molar-refractivity contribution >= 4 is 11.6 Å². The summed E-state index contributed by atoms with van der Waals surface area (Å²) in [5.41, 5.74) is 6.72. The number of ether oxygens (including phenoxy) is 1. The molecule has 0 saturated carbocycles. The molecule has 2 N–H and O–H groups in total. The summed E-state index contributed by atoms with van der Waals surface area (Å²) < 4.78 is 5.57. The van der Waals surface area contributed by atoms with E-state index in [2.05, 4.69) is 6.07 Å². The lowest BCUT2D eigenvalue weighted by atomic mass is 10.1. The Bertz CT molecular complexity index is 385. The fourth-order valence-corrected chi connectivity index (χ4v) is 1.52. The molecule has 1 atom stereocenters.